The number of H-pyrrole nitrogens is 1. The molecular formula is C18H17F3N6O3. The summed E-state index contributed by atoms with van der Waals surface area (Å²) in [6.07, 6.45) is -2.94. The fourth-order valence-electron chi connectivity index (χ4n) is 2.38. The Hall–Kier alpha value is -3.70. The van der Waals surface area contributed by atoms with Crippen molar-refractivity contribution in [2.75, 3.05) is 7.11 Å². The van der Waals surface area contributed by atoms with Gasteiger partial charge in [0.25, 0.3) is 0 Å². The van der Waals surface area contributed by atoms with Gasteiger partial charge < -0.3 is 14.3 Å². The predicted molar refractivity (Wildman–Crippen MR) is 97.7 cm³/mol. The molecule has 12 heteroatoms. The number of tetrazole rings is 1. The number of ether oxygens (including phenoxy) is 2. The molecule has 158 valence electrons. The van der Waals surface area contributed by atoms with Gasteiger partial charge in [-0.3, -0.25) is 0 Å². The van der Waals surface area contributed by atoms with Crippen LogP contribution in [-0.4, -0.2) is 38.4 Å². The quantitative estimate of drug-likeness (QED) is 0.439. The lowest BCUT2D eigenvalue weighted by Gasteiger charge is -2.13. The van der Waals surface area contributed by atoms with Crippen molar-refractivity contribution in [2.45, 2.75) is 26.3 Å². The van der Waals surface area contributed by atoms with Crippen molar-refractivity contribution in [3.05, 3.63) is 59.0 Å². The van der Waals surface area contributed by atoms with Gasteiger partial charge in [-0.15, -0.1) is 10.2 Å². The fourth-order valence-corrected chi connectivity index (χ4v) is 2.38. The molecule has 0 spiro atoms. The van der Waals surface area contributed by atoms with E-state index in [9.17, 15) is 13.2 Å². The van der Waals surface area contributed by atoms with Crippen molar-refractivity contribution in [3.8, 4) is 11.6 Å². The Labute approximate surface area is 168 Å². The van der Waals surface area contributed by atoms with E-state index in [1.54, 1.807) is 25.3 Å². The van der Waals surface area contributed by atoms with Gasteiger partial charge in [-0.2, -0.15) is 18.4 Å². The Kier molecular flexibility index (Phi) is 6.45. The second-order valence-electron chi connectivity index (χ2n) is 5.98. The third-order valence-corrected chi connectivity index (χ3v) is 3.90. The van der Waals surface area contributed by atoms with Crippen LogP contribution in [-0.2, 0) is 24.2 Å². The molecule has 2 aromatic heterocycles. The van der Waals surface area contributed by atoms with Crippen LogP contribution in [0.1, 0.15) is 29.4 Å². The molecule has 3 rings (SSSR count). The number of nitrogens with zero attached hydrogens (tertiary/aromatic N) is 5. The Morgan fingerprint density at radius 1 is 1.17 bits per heavy atom. The molecule has 0 aliphatic rings. The molecule has 0 radical (unpaired) electrons. The number of nitrogens with one attached hydrogen (secondary N) is 1. The minimum atomic E-state index is -4.49. The zero-order chi connectivity index (χ0) is 21.6. The van der Waals surface area contributed by atoms with E-state index < -0.39 is 11.7 Å². The Bertz CT molecular complexity index is 991. The normalized spacial score (nSPS) is 12.0. The maximum Gasteiger partial charge on any atom is 0.419 e. The van der Waals surface area contributed by atoms with E-state index in [1.165, 1.54) is 19.2 Å². The number of halogens is 3. The van der Waals surface area contributed by atoms with E-state index in [2.05, 4.69) is 30.8 Å². The van der Waals surface area contributed by atoms with Crippen LogP contribution in [0.2, 0.25) is 0 Å². The molecule has 0 amide bonds. The van der Waals surface area contributed by atoms with Crippen molar-refractivity contribution in [3.63, 3.8) is 0 Å². The van der Waals surface area contributed by atoms with Crippen LogP contribution < -0.4 is 9.47 Å². The molecule has 0 aliphatic heterocycles. The van der Waals surface area contributed by atoms with E-state index in [1.807, 2.05) is 0 Å². The molecule has 0 atom stereocenters. The lowest BCUT2D eigenvalue weighted by Crippen LogP contribution is -2.08. The Morgan fingerprint density at radius 2 is 2.00 bits per heavy atom. The number of hydrogen-bond donors (Lipinski definition) is 1. The maximum atomic E-state index is 12.9. The molecule has 0 fully saturated rings. The summed E-state index contributed by atoms with van der Waals surface area (Å²) in [5.74, 6) is 0.492. The molecule has 0 bridgehead atoms. The standard InChI is InChI=1S/C18H17F3N6O3/c1-11(13-4-6-17(22-8-13)29-10-16-23-26-27-24-16)25-30-9-12-3-5-14(18(19,20)21)15(7-12)28-2/h3-8H,9-10H2,1-2H3,(H,23,24,26,27)/b25-11+. The van der Waals surface area contributed by atoms with Gasteiger partial charge in [-0.05, 0) is 30.7 Å². The molecule has 0 unspecified atom stereocenters. The molecule has 2 heterocycles. The summed E-state index contributed by atoms with van der Waals surface area (Å²) in [5.41, 5.74) is 0.860. The Balaban J connectivity index is 1.57. The highest BCUT2D eigenvalue weighted by molar-refractivity contribution is 5.98. The van der Waals surface area contributed by atoms with E-state index >= 15 is 0 Å². The van der Waals surface area contributed by atoms with Crippen LogP contribution >= 0.6 is 0 Å². The van der Waals surface area contributed by atoms with Crippen LogP contribution in [0.5, 0.6) is 11.6 Å². The summed E-state index contributed by atoms with van der Waals surface area (Å²) in [6.45, 7) is 1.81. The van der Waals surface area contributed by atoms with Gasteiger partial charge in [0.05, 0.1) is 18.4 Å². The maximum absolute atomic E-state index is 12.9. The van der Waals surface area contributed by atoms with E-state index in [4.69, 9.17) is 14.3 Å². The number of methoxy groups -OCH3 is 1. The van der Waals surface area contributed by atoms with Crippen LogP contribution in [0, 0.1) is 0 Å². The number of rotatable bonds is 8. The van der Waals surface area contributed by atoms with Gasteiger partial charge >= 0.3 is 6.18 Å². The average molecular weight is 422 g/mol. The van der Waals surface area contributed by atoms with Crippen molar-refractivity contribution in [1.29, 1.82) is 0 Å². The summed E-state index contributed by atoms with van der Waals surface area (Å²) in [6, 6.07) is 6.92. The monoisotopic (exact) mass is 422 g/mol. The number of pyridine rings is 1. The van der Waals surface area contributed by atoms with Crippen molar-refractivity contribution >= 4 is 5.71 Å². The first kappa shape index (κ1) is 21.0. The first-order chi connectivity index (χ1) is 14.4. The lowest BCUT2D eigenvalue weighted by atomic mass is 10.1. The molecule has 1 N–H and O–H groups in total. The summed E-state index contributed by atoms with van der Waals surface area (Å²) in [7, 11) is 1.18. The van der Waals surface area contributed by atoms with Crippen LogP contribution in [0.3, 0.4) is 0 Å². The van der Waals surface area contributed by atoms with Crippen molar-refractivity contribution in [1.82, 2.24) is 25.6 Å². The van der Waals surface area contributed by atoms with Gasteiger partial charge in [0.15, 0.2) is 6.61 Å². The number of benzene rings is 1. The van der Waals surface area contributed by atoms with E-state index in [-0.39, 0.29) is 19.0 Å². The third kappa shape index (κ3) is 5.43. The highest BCUT2D eigenvalue weighted by Crippen LogP contribution is 2.36. The molecule has 1 aromatic carbocycles. The summed E-state index contributed by atoms with van der Waals surface area (Å²) in [4.78, 5) is 9.41. The highest BCUT2D eigenvalue weighted by atomic mass is 19.4. The average Bonchev–Trinajstić information content (AvgIpc) is 3.25. The van der Waals surface area contributed by atoms with Crippen molar-refractivity contribution in [2.24, 2.45) is 5.16 Å². The van der Waals surface area contributed by atoms with Gasteiger partial charge in [0, 0.05) is 17.8 Å². The zero-order valence-corrected chi connectivity index (χ0v) is 16.0. The van der Waals surface area contributed by atoms with Crippen LogP contribution in [0.4, 0.5) is 13.2 Å². The topological polar surface area (TPSA) is 107 Å². The van der Waals surface area contributed by atoms with Gasteiger partial charge in [-0.25, -0.2) is 4.98 Å². The number of aromatic nitrogens is 5. The highest BCUT2D eigenvalue weighted by Gasteiger charge is 2.34. The van der Waals surface area contributed by atoms with Crippen LogP contribution in [0.15, 0.2) is 41.7 Å². The minimum Gasteiger partial charge on any atom is -0.496 e. The fraction of sp³-hybridized carbons (Fsp3) is 0.278. The minimum absolute atomic E-state index is 0.0227. The summed E-state index contributed by atoms with van der Waals surface area (Å²) < 4.78 is 48.9. The summed E-state index contributed by atoms with van der Waals surface area (Å²) in [5, 5.41) is 17.2. The zero-order valence-electron chi connectivity index (χ0n) is 16.0. The molecule has 3 aromatic rings. The predicted octanol–water partition coefficient (Wildman–Crippen LogP) is 3.14. The van der Waals surface area contributed by atoms with E-state index in [0.717, 1.165) is 6.07 Å². The molecule has 30 heavy (non-hydrogen) atoms. The van der Waals surface area contributed by atoms with Crippen LogP contribution in [0.25, 0.3) is 0 Å². The van der Waals surface area contributed by atoms with Crippen molar-refractivity contribution < 1.29 is 27.5 Å². The lowest BCUT2D eigenvalue weighted by molar-refractivity contribution is -0.138. The number of aromatic amines is 1. The second kappa shape index (κ2) is 9.20. The third-order valence-electron chi connectivity index (χ3n) is 3.90. The van der Waals surface area contributed by atoms with Gasteiger partial charge in [-0.1, -0.05) is 16.4 Å². The molecule has 0 aliphatic carbocycles. The molecule has 0 saturated heterocycles. The number of oxime groups is 1. The SMILES string of the molecule is COc1cc(CO/N=C(\C)c2ccc(OCc3nn[nH]n3)nc2)ccc1C(F)(F)F. The first-order valence-corrected chi connectivity index (χ1v) is 8.59. The molecule has 0 saturated carbocycles. The molecule has 9 nitrogen and oxygen atoms in total. The second-order valence-corrected chi connectivity index (χ2v) is 5.98. The van der Waals surface area contributed by atoms with Gasteiger partial charge in [0.2, 0.25) is 11.7 Å². The largest absolute Gasteiger partial charge is 0.496 e. The smallest absolute Gasteiger partial charge is 0.419 e. The number of alkyl halides is 3. The van der Waals surface area contributed by atoms with Gasteiger partial charge in [0.1, 0.15) is 12.4 Å². The number of hydrogen-bond acceptors (Lipinski definition) is 8. The summed E-state index contributed by atoms with van der Waals surface area (Å²) >= 11 is 0. The first-order valence-electron chi connectivity index (χ1n) is 8.59. The molecular weight excluding hydrogens is 405 g/mol. The Morgan fingerprint density at radius 3 is 2.63 bits per heavy atom. The van der Waals surface area contributed by atoms with E-state index in [0.29, 0.717) is 28.5 Å².